The van der Waals surface area contributed by atoms with Crippen LogP contribution in [-0.2, 0) is 18.4 Å². The second-order valence-corrected chi connectivity index (χ2v) is 5.98. The van der Waals surface area contributed by atoms with Crippen molar-refractivity contribution in [3.05, 3.63) is 18.0 Å². The average Bonchev–Trinajstić information content (AvgIpc) is 3.00. The van der Waals surface area contributed by atoms with Crippen molar-refractivity contribution >= 4 is 5.78 Å². The molecule has 4 heteroatoms. The van der Waals surface area contributed by atoms with Crippen LogP contribution in [0.25, 0.3) is 0 Å². The standard InChI is InChI=1S/C15H23N3O/c1-17-10-8-12(16-17)11-18-9-4-6-14(18)13-5-2-3-7-15(13)19/h8,10,13-14H,2-7,9,11H2,1H3. The fourth-order valence-corrected chi connectivity index (χ4v) is 3.68. The van der Waals surface area contributed by atoms with Crippen LogP contribution >= 0.6 is 0 Å². The van der Waals surface area contributed by atoms with Crippen molar-refractivity contribution in [2.75, 3.05) is 6.54 Å². The summed E-state index contributed by atoms with van der Waals surface area (Å²) in [5, 5.41) is 4.46. The monoisotopic (exact) mass is 261 g/mol. The van der Waals surface area contributed by atoms with Crippen molar-refractivity contribution in [1.29, 1.82) is 0 Å². The van der Waals surface area contributed by atoms with Crippen LogP contribution in [0, 0.1) is 5.92 Å². The van der Waals surface area contributed by atoms with Gasteiger partial charge in [0.05, 0.1) is 5.69 Å². The molecule has 1 aliphatic carbocycles. The summed E-state index contributed by atoms with van der Waals surface area (Å²) >= 11 is 0. The zero-order valence-corrected chi connectivity index (χ0v) is 11.7. The number of carbonyl (C=O) groups excluding carboxylic acids is 1. The van der Waals surface area contributed by atoms with E-state index >= 15 is 0 Å². The Morgan fingerprint density at radius 3 is 2.95 bits per heavy atom. The first-order valence-electron chi connectivity index (χ1n) is 7.49. The first-order chi connectivity index (χ1) is 9.24. The number of rotatable bonds is 3. The third-order valence-corrected chi connectivity index (χ3v) is 4.61. The van der Waals surface area contributed by atoms with Crippen molar-refractivity contribution in [2.45, 2.75) is 51.1 Å². The van der Waals surface area contributed by atoms with Crippen LogP contribution in [0.5, 0.6) is 0 Å². The third-order valence-electron chi connectivity index (χ3n) is 4.61. The molecular formula is C15H23N3O. The highest BCUT2D eigenvalue weighted by molar-refractivity contribution is 5.82. The lowest BCUT2D eigenvalue weighted by Gasteiger charge is -2.32. The molecular weight excluding hydrogens is 238 g/mol. The van der Waals surface area contributed by atoms with Gasteiger partial charge in [-0.15, -0.1) is 0 Å². The average molecular weight is 261 g/mol. The molecule has 1 saturated carbocycles. The van der Waals surface area contributed by atoms with Gasteiger partial charge in [-0.25, -0.2) is 0 Å². The summed E-state index contributed by atoms with van der Waals surface area (Å²) in [7, 11) is 1.95. The van der Waals surface area contributed by atoms with Gasteiger partial charge < -0.3 is 0 Å². The van der Waals surface area contributed by atoms with Crippen LogP contribution in [0.3, 0.4) is 0 Å². The van der Waals surface area contributed by atoms with Gasteiger partial charge >= 0.3 is 0 Å². The molecule has 1 saturated heterocycles. The van der Waals surface area contributed by atoms with Crippen molar-refractivity contribution in [3.63, 3.8) is 0 Å². The number of carbonyl (C=O) groups is 1. The van der Waals surface area contributed by atoms with Gasteiger partial charge in [0.2, 0.25) is 0 Å². The minimum Gasteiger partial charge on any atom is -0.299 e. The predicted octanol–water partition coefficient (Wildman–Crippen LogP) is 2.14. The van der Waals surface area contributed by atoms with E-state index in [1.54, 1.807) is 0 Å². The smallest absolute Gasteiger partial charge is 0.137 e. The summed E-state index contributed by atoms with van der Waals surface area (Å²) in [5.41, 5.74) is 1.12. The molecule has 2 heterocycles. The number of hydrogen-bond donors (Lipinski definition) is 0. The van der Waals surface area contributed by atoms with E-state index in [4.69, 9.17) is 0 Å². The maximum atomic E-state index is 12.1. The normalized spacial score (nSPS) is 29.0. The summed E-state index contributed by atoms with van der Waals surface area (Å²) in [6, 6.07) is 2.55. The third kappa shape index (κ3) is 2.73. The maximum Gasteiger partial charge on any atom is 0.137 e. The Balaban J connectivity index is 1.68. The van der Waals surface area contributed by atoms with Gasteiger partial charge in [-0.05, 0) is 38.3 Å². The predicted molar refractivity (Wildman–Crippen MR) is 73.6 cm³/mol. The van der Waals surface area contributed by atoms with E-state index in [0.717, 1.165) is 38.0 Å². The van der Waals surface area contributed by atoms with Crippen LogP contribution < -0.4 is 0 Å². The zero-order valence-electron chi connectivity index (χ0n) is 11.7. The van der Waals surface area contributed by atoms with E-state index in [9.17, 15) is 4.79 Å². The second kappa shape index (κ2) is 5.45. The highest BCUT2D eigenvalue weighted by Gasteiger charge is 2.36. The molecule has 2 atom stereocenters. The number of nitrogens with zero attached hydrogens (tertiary/aromatic N) is 3. The maximum absolute atomic E-state index is 12.1. The first kappa shape index (κ1) is 12.9. The molecule has 0 spiro atoms. The Labute approximate surface area is 114 Å². The lowest BCUT2D eigenvalue weighted by Crippen LogP contribution is -2.40. The van der Waals surface area contributed by atoms with Gasteiger partial charge in [-0.3, -0.25) is 14.4 Å². The van der Waals surface area contributed by atoms with Gasteiger partial charge in [-0.1, -0.05) is 6.42 Å². The minimum atomic E-state index is 0.292. The highest BCUT2D eigenvalue weighted by Crippen LogP contribution is 2.32. The van der Waals surface area contributed by atoms with Crippen LogP contribution in [-0.4, -0.2) is 33.1 Å². The van der Waals surface area contributed by atoms with Crippen molar-refractivity contribution in [1.82, 2.24) is 14.7 Å². The van der Waals surface area contributed by atoms with E-state index in [2.05, 4.69) is 16.1 Å². The van der Waals surface area contributed by atoms with Crippen LogP contribution in [0.15, 0.2) is 12.3 Å². The van der Waals surface area contributed by atoms with Crippen LogP contribution in [0.4, 0.5) is 0 Å². The Morgan fingerprint density at radius 2 is 2.21 bits per heavy atom. The van der Waals surface area contributed by atoms with E-state index in [0.29, 0.717) is 17.7 Å². The number of aromatic nitrogens is 2. The SMILES string of the molecule is Cn1ccc(CN2CCCC2C2CCCCC2=O)n1. The van der Waals surface area contributed by atoms with E-state index in [-0.39, 0.29) is 0 Å². The quantitative estimate of drug-likeness (QED) is 0.836. The van der Waals surface area contributed by atoms with Crippen molar-refractivity contribution in [2.24, 2.45) is 13.0 Å². The summed E-state index contributed by atoms with van der Waals surface area (Å²) in [4.78, 5) is 14.6. The lowest BCUT2D eigenvalue weighted by atomic mass is 9.82. The van der Waals surface area contributed by atoms with E-state index < -0.39 is 0 Å². The molecule has 2 fully saturated rings. The number of hydrogen-bond acceptors (Lipinski definition) is 3. The molecule has 0 radical (unpaired) electrons. The zero-order chi connectivity index (χ0) is 13.2. The molecule has 0 aromatic carbocycles. The van der Waals surface area contributed by atoms with Gasteiger partial charge in [0, 0.05) is 38.2 Å². The summed E-state index contributed by atoms with van der Waals surface area (Å²) in [6.07, 6.45) is 8.63. The first-order valence-corrected chi connectivity index (χ1v) is 7.49. The highest BCUT2D eigenvalue weighted by atomic mass is 16.1. The van der Waals surface area contributed by atoms with E-state index in [1.807, 2.05) is 17.9 Å². The molecule has 104 valence electrons. The molecule has 1 aliphatic heterocycles. The largest absolute Gasteiger partial charge is 0.299 e. The fourth-order valence-electron chi connectivity index (χ4n) is 3.68. The number of ketones is 1. The molecule has 2 aliphatic rings. The molecule has 4 nitrogen and oxygen atoms in total. The van der Waals surface area contributed by atoms with Gasteiger partial charge in [-0.2, -0.15) is 5.10 Å². The molecule has 3 rings (SSSR count). The molecule has 0 N–H and O–H groups in total. The molecule has 1 aromatic heterocycles. The molecule has 19 heavy (non-hydrogen) atoms. The number of likely N-dealkylation sites (tertiary alicyclic amines) is 1. The Kier molecular flexibility index (Phi) is 3.69. The summed E-state index contributed by atoms with van der Waals surface area (Å²) in [5.74, 6) is 0.795. The number of Topliss-reactive ketones (excluding diaryl/α,β-unsaturated/α-hetero) is 1. The number of aryl methyl sites for hydroxylation is 1. The minimum absolute atomic E-state index is 0.292. The topological polar surface area (TPSA) is 38.1 Å². The van der Waals surface area contributed by atoms with Crippen molar-refractivity contribution in [3.8, 4) is 0 Å². The Bertz CT molecular complexity index is 454. The van der Waals surface area contributed by atoms with Gasteiger partial charge in [0.15, 0.2) is 0 Å². The summed E-state index contributed by atoms with van der Waals surface area (Å²) in [6.45, 7) is 2.01. The Morgan fingerprint density at radius 1 is 1.32 bits per heavy atom. The molecule has 0 bridgehead atoms. The molecule has 2 unspecified atom stereocenters. The van der Waals surface area contributed by atoms with E-state index in [1.165, 1.54) is 19.3 Å². The molecule has 0 amide bonds. The summed E-state index contributed by atoms with van der Waals surface area (Å²) < 4.78 is 1.85. The van der Waals surface area contributed by atoms with Gasteiger partial charge in [0.1, 0.15) is 5.78 Å². The fraction of sp³-hybridized carbons (Fsp3) is 0.733. The lowest BCUT2D eigenvalue weighted by molar-refractivity contribution is -0.126. The van der Waals surface area contributed by atoms with Crippen LogP contribution in [0.1, 0.15) is 44.2 Å². The van der Waals surface area contributed by atoms with Crippen molar-refractivity contribution < 1.29 is 4.79 Å². The van der Waals surface area contributed by atoms with Crippen LogP contribution in [0.2, 0.25) is 0 Å². The van der Waals surface area contributed by atoms with Gasteiger partial charge in [0.25, 0.3) is 0 Å². The second-order valence-electron chi connectivity index (χ2n) is 5.98. The Hall–Kier alpha value is -1.16. The molecule has 1 aromatic rings.